The summed E-state index contributed by atoms with van der Waals surface area (Å²) in [4.78, 5) is 13.9. The average Bonchev–Trinajstić information content (AvgIpc) is 2.75. The van der Waals surface area contributed by atoms with Crippen LogP contribution < -0.4 is 11.5 Å². The summed E-state index contributed by atoms with van der Waals surface area (Å²) in [6.07, 6.45) is 1.00. The monoisotopic (exact) mass is 325 g/mol. The van der Waals surface area contributed by atoms with Crippen molar-refractivity contribution in [3.05, 3.63) is 34.3 Å². The van der Waals surface area contributed by atoms with E-state index in [0.717, 1.165) is 29.5 Å². The maximum Gasteiger partial charge on any atom is 0.239 e. The van der Waals surface area contributed by atoms with Crippen molar-refractivity contribution in [2.75, 3.05) is 19.6 Å². The van der Waals surface area contributed by atoms with Gasteiger partial charge in [0.2, 0.25) is 5.91 Å². The summed E-state index contributed by atoms with van der Waals surface area (Å²) in [5.41, 5.74) is 12.4. The van der Waals surface area contributed by atoms with E-state index in [2.05, 4.69) is 27.8 Å². The highest BCUT2D eigenvalue weighted by Crippen LogP contribution is 2.34. The number of nitrogens with two attached hydrogens (primary N) is 2. The largest absolute Gasteiger partial charge is 0.368 e. The Bertz CT molecular complexity index is 462. The average molecular weight is 326 g/mol. The van der Waals surface area contributed by atoms with Crippen LogP contribution in [0.15, 0.2) is 28.7 Å². The second-order valence-corrected chi connectivity index (χ2v) is 6.51. The van der Waals surface area contributed by atoms with Gasteiger partial charge in [0.05, 0.1) is 0 Å². The van der Waals surface area contributed by atoms with Crippen molar-refractivity contribution in [1.82, 2.24) is 4.90 Å². The second-order valence-electron chi connectivity index (χ2n) is 5.59. The van der Waals surface area contributed by atoms with E-state index in [1.165, 1.54) is 0 Å². The molecule has 1 aliphatic heterocycles. The number of nitrogens with zero attached hydrogens (tertiary/aromatic N) is 1. The van der Waals surface area contributed by atoms with Gasteiger partial charge in [-0.1, -0.05) is 35.0 Å². The summed E-state index contributed by atoms with van der Waals surface area (Å²) >= 11 is 3.40. The molecular weight excluding hydrogens is 306 g/mol. The molecule has 0 spiro atoms. The number of carbonyl (C=O) groups is 1. The van der Waals surface area contributed by atoms with Crippen molar-refractivity contribution in [3.8, 4) is 0 Å². The van der Waals surface area contributed by atoms with Gasteiger partial charge < -0.3 is 11.5 Å². The normalized spacial score (nSPS) is 25.4. The minimum Gasteiger partial charge on any atom is -0.368 e. The van der Waals surface area contributed by atoms with Gasteiger partial charge in [-0.25, -0.2) is 0 Å². The zero-order valence-electron chi connectivity index (χ0n) is 11.1. The predicted octanol–water partition coefficient (Wildman–Crippen LogP) is 1.65. The lowest BCUT2D eigenvalue weighted by molar-refractivity contribution is -0.123. The number of primary amides is 1. The van der Waals surface area contributed by atoms with E-state index < -0.39 is 0 Å². The van der Waals surface area contributed by atoms with Crippen molar-refractivity contribution in [3.63, 3.8) is 0 Å². The van der Waals surface area contributed by atoms with E-state index in [-0.39, 0.29) is 17.4 Å². The summed E-state index contributed by atoms with van der Waals surface area (Å²) < 4.78 is 0.993. The number of hydrogen-bond acceptors (Lipinski definition) is 3. The summed E-state index contributed by atoms with van der Waals surface area (Å²) in [5.74, 6) is -0.302. The maximum absolute atomic E-state index is 11.8. The van der Waals surface area contributed by atoms with Gasteiger partial charge in [-0.2, -0.15) is 0 Å². The molecule has 0 aromatic heterocycles. The molecule has 1 aromatic carbocycles. The minimum atomic E-state index is -0.360. The molecule has 1 amide bonds. The van der Waals surface area contributed by atoms with Crippen molar-refractivity contribution in [2.24, 2.45) is 16.9 Å². The highest BCUT2D eigenvalue weighted by Gasteiger charge is 2.38. The van der Waals surface area contributed by atoms with Gasteiger partial charge in [-0.05, 0) is 42.6 Å². The Labute approximate surface area is 122 Å². The van der Waals surface area contributed by atoms with Gasteiger partial charge in [-0.3, -0.25) is 9.69 Å². The number of rotatable bonds is 4. The molecule has 19 heavy (non-hydrogen) atoms. The van der Waals surface area contributed by atoms with Crippen LogP contribution in [0.5, 0.6) is 0 Å². The fourth-order valence-electron chi connectivity index (χ4n) is 2.65. The molecule has 5 heteroatoms. The van der Waals surface area contributed by atoms with Crippen LogP contribution in [0.25, 0.3) is 0 Å². The van der Waals surface area contributed by atoms with E-state index in [0.29, 0.717) is 6.54 Å². The molecule has 1 heterocycles. The van der Waals surface area contributed by atoms with Gasteiger partial charge in [-0.15, -0.1) is 0 Å². The molecule has 0 radical (unpaired) electrons. The van der Waals surface area contributed by atoms with Crippen LogP contribution in [0.3, 0.4) is 0 Å². The number of likely N-dealkylation sites (tertiary alicyclic amines) is 1. The first kappa shape index (κ1) is 14.5. The fraction of sp³-hybridized carbons (Fsp3) is 0.500. The summed E-state index contributed by atoms with van der Waals surface area (Å²) in [6, 6.07) is 7.39. The Morgan fingerprint density at radius 3 is 2.58 bits per heavy atom. The first-order chi connectivity index (χ1) is 8.95. The van der Waals surface area contributed by atoms with E-state index in [4.69, 9.17) is 11.5 Å². The van der Waals surface area contributed by atoms with Crippen LogP contribution in [0.2, 0.25) is 0 Å². The van der Waals surface area contributed by atoms with E-state index >= 15 is 0 Å². The van der Waals surface area contributed by atoms with Crippen LogP contribution in [0.4, 0.5) is 0 Å². The van der Waals surface area contributed by atoms with Crippen LogP contribution in [-0.4, -0.2) is 30.4 Å². The zero-order valence-corrected chi connectivity index (χ0v) is 12.7. The number of hydrogen-bond donors (Lipinski definition) is 2. The highest BCUT2D eigenvalue weighted by molar-refractivity contribution is 9.10. The Balaban J connectivity index is 2.22. The van der Waals surface area contributed by atoms with Crippen LogP contribution >= 0.6 is 15.9 Å². The first-order valence-electron chi connectivity index (χ1n) is 6.44. The Hall–Kier alpha value is -0.910. The van der Waals surface area contributed by atoms with Crippen molar-refractivity contribution in [1.29, 1.82) is 0 Å². The lowest BCUT2D eigenvalue weighted by atomic mass is 9.90. The molecule has 2 rings (SSSR count). The molecule has 1 aromatic rings. The molecule has 0 saturated carbocycles. The molecular formula is C14H20BrN3O. The smallest absolute Gasteiger partial charge is 0.239 e. The van der Waals surface area contributed by atoms with Crippen LogP contribution in [0, 0.1) is 5.41 Å². The Morgan fingerprint density at radius 1 is 1.47 bits per heavy atom. The molecule has 4 nitrogen and oxygen atoms in total. The molecule has 1 fully saturated rings. The van der Waals surface area contributed by atoms with Gasteiger partial charge in [0.15, 0.2) is 0 Å². The Kier molecular flexibility index (Phi) is 4.28. The van der Waals surface area contributed by atoms with Gasteiger partial charge in [0.25, 0.3) is 0 Å². The molecule has 104 valence electrons. The minimum absolute atomic E-state index is 0.0864. The summed E-state index contributed by atoms with van der Waals surface area (Å²) in [5, 5.41) is 0. The first-order valence-corrected chi connectivity index (χ1v) is 7.23. The van der Waals surface area contributed by atoms with E-state index in [9.17, 15) is 4.79 Å². The number of halogens is 1. The highest BCUT2D eigenvalue weighted by atomic mass is 79.9. The third-order valence-electron chi connectivity index (χ3n) is 3.90. The molecule has 2 unspecified atom stereocenters. The quantitative estimate of drug-likeness (QED) is 0.884. The standard InChI is InChI=1S/C14H20BrN3O/c1-14(8-16)6-7-18(9-14)12(13(17)19)10-2-4-11(15)5-3-10/h2-5,12H,6-9,16H2,1H3,(H2,17,19). The SMILES string of the molecule is CC1(CN)CCN(C(C(N)=O)c2ccc(Br)cc2)C1. The molecule has 4 N–H and O–H groups in total. The predicted molar refractivity (Wildman–Crippen MR) is 79.4 cm³/mol. The summed E-state index contributed by atoms with van der Waals surface area (Å²) in [7, 11) is 0. The molecule has 1 aliphatic rings. The van der Waals surface area contributed by atoms with Crippen molar-refractivity contribution in [2.45, 2.75) is 19.4 Å². The van der Waals surface area contributed by atoms with Crippen molar-refractivity contribution < 1.29 is 4.79 Å². The van der Waals surface area contributed by atoms with Crippen LogP contribution in [0.1, 0.15) is 24.9 Å². The second kappa shape index (κ2) is 5.61. The number of amides is 1. The number of carbonyl (C=O) groups excluding carboxylic acids is 1. The zero-order chi connectivity index (χ0) is 14.0. The Morgan fingerprint density at radius 2 is 2.11 bits per heavy atom. The van der Waals surface area contributed by atoms with Gasteiger partial charge >= 0.3 is 0 Å². The van der Waals surface area contributed by atoms with Crippen molar-refractivity contribution >= 4 is 21.8 Å². The molecule has 2 atom stereocenters. The van der Waals surface area contributed by atoms with Crippen LogP contribution in [-0.2, 0) is 4.79 Å². The van der Waals surface area contributed by atoms with Gasteiger partial charge in [0, 0.05) is 11.0 Å². The van der Waals surface area contributed by atoms with E-state index in [1.807, 2.05) is 24.3 Å². The molecule has 1 saturated heterocycles. The van der Waals surface area contributed by atoms with Gasteiger partial charge in [0.1, 0.15) is 6.04 Å². The lowest BCUT2D eigenvalue weighted by Crippen LogP contribution is -2.39. The molecule has 0 bridgehead atoms. The summed E-state index contributed by atoms with van der Waals surface area (Å²) in [6.45, 7) is 4.46. The lowest BCUT2D eigenvalue weighted by Gasteiger charge is -2.28. The third-order valence-corrected chi connectivity index (χ3v) is 4.43. The fourth-order valence-corrected chi connectivity index (χ4v) is 2.91. The molecule has 0 aliphatic carbocycles. The maximum atomic E-state index is 11.8. The number of benzene rings is 1. The topological polar surface area (TPSA) is 72.3 Å². The van der Waals surface area contributed by atoms with E-state index in [1.54, 1.807) is 0 Å². The third kappa shape index (κ3) is 3.16.